The van der Waals surface area contributed by atoms with Gasteiger partial charge in [-0.2, -0.15) is 0 Å². The van der Waals surface area contributed by atoms with Gasteiger partial charge in [-0.3, -0.25) is 0 Å². The lowest BCUT2D eigenvalue weighted by Crippen LogP contribution is -2.19. The van der Waals surface area contributed by atoms with E-state index in [1.807, 2.05) is 7.05 Å². The Morgan fingerprint density at radius 2 is 1.90 bits per heavy atom. The van der Waals surface area contributed by atoms with Crippen LogP contribution in [0.2, 0.25) is 0 Å². The van der Waals surface area contributed by atoms with Crippen LogP contribution in [0.3, 0.4) is 0 Å². The van der Waals surface area contributed by atoms with Gasteiger partial charge in [0.15, 0.2) is 0 Å². The predicted molar refractivity (Wildman–Crippen MR) is 85.4 cm³/mol. The number of fused-ring (bicyclic) bond motifs is 1. The normalized spacial score (nSPS) is 14.8. The van der Waals surface area contributed by atoms with E-state index in [9.17, 15) is 0 Å². The van der Waals surface area contributed by atoms with Crippen molar-refractivity contribution in [1.29, 1.82) is 0 Å². The summed E-state index contributed by atoms with van der Waals surface area (Å²) in [6.45, 7) is 2.91. The second kappa shape index (κ2) is 5.58. The molecule has 2 aromatic rings. The Bertz CT molecular complexity index is 639. The van der Waals surface area contributed by atoms with Crippen molar-refractivity contribution in [1.82, 2.24) is 5.32 Å². The molecule has 1 aliphatic rings. The number of para-hydroxylation sites is 1. The van der Waals surface area contributed by atoms with E-state index in [0.29, 0.717) is 0 Å². The Labute approximate surface area is 128 Å². The fourth-order valence-electron chi connectivity index (χ4n) is 2.84. The summed E-state index contributed by atoms with van der Waals surface area (Å²) < 4.78 is 7.01. The summed E-state index contributed by atoms with van der Waals surface area (Å²) in [5.74, 6) is 1.06. The summed E-state index contributed by atoms with van der Waals surface area (Å²) in [7, 11) is 1.99. The van der Waals surface area contributed by atoms with Gasteiger partial charge in [0, 0.05) is 16.5 Å². The van der Waals surface area contributed by atoms with Gasteiger partial charge in [-0.25, -0.2) is 0 Å². The van der Waals surface area contributed by atoms with Crippen LogP contribution in [-0.2, 0) is 6.42 Å². The number of ether oxygens (including phenoxy) is 1. The Morgan fingerprint density at radius 3 is 2.70 bits per heavy atom. The minimum atomic E-state index is 0.136. The third-order valence-corrected chi connectivity index (χ3v) is 4.96. The number of nitrogens with one attached hydrogen (secondary N) is 1. The maximum Gasteiger partial charge on any atom is 0.127 e. The molecule has 0 radical (unpaired) electrons. The topological polar surface area (TPSA) is 21.3 Å². The van der Waals surface area contributed by atoms with Crippen molar-refractivity contribution < 1.29 is 4.74 Å². The van der Waals surface area contributed by atoms with E-state index in [-0.39, 0.29) is 6.04 Å². The lowest BCUT2D eigenvalue weighted by atomic mass is 9.95. The second-order valence-corrected chi connectivity index (χ2v) is 5.93. The first kappa shape index (κ1) is 13.7. The third kappa shape index (κ3) is 2.25. The first-order valence-electron chi connectivity index (χ1n) is 6.89. The van der Waals surface area contributed by atoms with E-state index in [0.717, 1.165) is 23.2 Å². The molecule has 0 aromatic heterocycles. The van der Waals surface area contributed by atoms with Crippen molar-refractivity contribution >= 4 is 15.9 Å². The highest BCUT2D eigenvalue weighted by Crippen LogP contribution is 2.38. The molecule has 1 aliphatic heterocycles. The molecule has 1 N–H and O–H groups in total. The van der Waals surface area contributed by atoms with Crippen LogP contribution in [-0.4, -0.2) is 13.7 Å². The molecule has 0 amide bonds. The molecule has 2 aromatic carbocycles. The van der Waals surface area contributed by atoms with Gasteiger partial charge >= 0.3 is 0 Å². The van der Waals surface area contributed by atoms with Crippen molar-refractivity contribution in [2.75, 3.05) is 13.7 Å². The van der Waals surface area contributed by atoms with Crippen LogP contribution in [0.4, 0.5) is 0 Å². The molecule has 20 heavy (non-hydrogen) atoms. The highest BCUT2D eigenvalue weighted by atomic mass is 79.9. The summed E-state index contributed by atoms with van der Waals surface area (Å²) in [5, 5.41) is 3.42. The zero-order valence-corrected chi connectivity index (χ0v) is 13.3. The van der Waals surface area contributed by atoms with Gasteiger partial charge in [-0.1, -0.05) is 52.3 Å². The van der Waals surface area contributed by atoms with E-state index < -0.39 is 0 Å². The van der Waals surface area contributed by atoms with Crippen LogP contribution in [0.1, 0.15) is 28.3 Å². The zero-order chi connectivity index (χ0) is 14.1. The largest absolute Gasteiger partial charge is 0.493 e. The van der Waals surface area contributed by atoms with Crippen LogP contribution >= 0.6 is 15.9 Å². The standard InChI is InChI=1S/C17H18BrNO/c1-11-5-3-7-13(15(11)18)16(19-2)14-8-4-6-12-9-10-20-17(12)14/h3-8,16,19H,9-10H2,1-2H3. The second-order valence-electron chi connectivity index (χ2n) is 5.13. The molecule has 3 heteroatoms. The molecule has 2 nitrogen and oxygen atoms in total. The summed E-state index contributed by atoms with van der Waals surface area (Å²) in [6.07, 6.45) is 1.01. The van der Waals surface area contributed by atoms with Gasteiger partial charge in [0.2, 0.25) is 0 Å². The summed E-state index contributed by atoms with van der Waals surface area (Å²) in [5.41, 5.74) is 5.02. The number of benzene rings is 2. The number of hydrogen-bond donors (Lipinski definition) is 1. The number of aryl methyl sites for hydroxylation is 1. The van der Waals surface area contributed by atoms with Crippen molar-refractivity contribution in [3.8, 4) is 5.75 Å². The van der Waals surface area contributed by atoms with Gasteiger partial charge in [0.05, 0.1) is 12.6 Å². The molecule has 0 spiro atoms. The lowest BCUT2D eigenvalue weighted by Gasteiger charge is -2.21. The fraction of sp³-hybridized carbons (Fsp3) is 0.294. The number of halogens is 1. The third-order valence-electron chi connectivity index (χ3n) is 3.88. The van der Waals surface area contributed by atoms with Gasteiger partial charge < -0.3 is 10.1 Å². The molecule has 3 rings (SSSR count). The fourth-order valence-corrected chi connectivity index (χ4v) is 3.33. The van der Waals surface area contributed by atoms with E-state index in [1.54, 1.807) is 0 Å². The maximum absolute atomic E-state index is 5.85. The SMILES string of the molecule is CNC(c1cccc(C)c1Br)c1cccc2c1OCC2. The molecule has 1 atom stereocenters. The minimum absolute atomic E-state index is 0.136. The number of rotatable bonds is 3. The quantitative estimate of drug-likeness (QED) is 0.917. The van der Waals surface area contributed by atoms with Gasteiger partial charge in [0.25, 0.3) is 0 Å². The van der Waals surface area contributed by atoms with E-state index >= 15 is 0 Å². The number of hydrogen-bond acceptors (Lipinski definition) is 2. The molecular weight excluding hydrogens is 314 g/mol. The molecule has 1 unspecified atom stereocenters. The highest BCUT2D eigenvalue weighted by molar-refractivity contribution is 9.10. The monoisotopic (exact) mass is 331 g/mol. The molecule has 0 aliphatic carbocycles. The molecule has 0 bridgehead atoms. The van der Waals surface area contributed by atoms with Crippen molar-refractivity contribution in [3.05, 3.63) is 63.1 Å². The van der Waals surface area contributed by atoms with Crippen molar-refractivity contribution in [2.45, 2.75) is 19.4 Å². The summed E-state index contributed by atoms with van der Waals surface area (Å²) in [4.78, 5) is 0. The molecule has 104 valence electrons. The van der Waals surface area contributed by atoms with Crippen molar-refractivity contribution in [3.63, 3.8) is 0 Å². The highest BCUT2D eigenvalue weighted by Gasteiger charge is 2.23. The van der Waals surface area contributed by atoms with E-state index in [2.05, 4.69) is 64.6 Å². The first-order chi connectivity index (χ1) is 9.72. The van der Waals surface area contributed by atoms with E-state index in [4.69, 9.17) is 4.74 Å². The average molecular weight is 332 g/mol. The molecular formula is C17H18BrNO. The van der Waals surface area contributed by atoms with Crippen LogP contribution in [0.15, 0.2) is 40.9 Å². The Kier molecular flexibility index (Phi) is 3.81. The minimum Gasteiger partial charge on any atom is -0.493 e. The Balaban J connectivity index is 2.11. The molecule has 0 fully saturated rings. The summed E-state index contributed by atoms with van der Waals surface area (Å²) in [6, 6.07) is 12.9. The van der Waals surface area contributed by atoms with Crippen molar-refractivity contribution in [2.24, 2.45) is 0 Å². The maximum atomic E-state index is 5.85. The van der Waals surface area contributed by atoms with Gasteiger partial charge in [-0.15, -0.1) is 0 Å². The van der Waals surface area contributed by atoms with E-state index in [1.165, 1.54) is 22.3 Å². The van der Waals surface area contributed by atoms with Crippen LogP contribution in [0, 0.1) is 6.92 Å². The van der Waals surface area contributed by atoms with Crippen LogP contribution in [0.25, 0.3) is 0 Å². The van der Waals surface area contributed by atoms with Gasteiger partial charge in [-0.05, 0) is 30.7 Å². The molecule has 0 saturated heterocycles. The molecule has 0 saturated carbocycles. The first-order valence-corrected chi connectivity index (χ1v) is 7.68. The zero-order valence-electron chi connectivity index (χ0n) is 11.7. The van der Waals surface area contributed by atoms with Crippen LogP contribution < -0.4 is 10.1 Å². The van der Waals surface area contributed by atoms with Gasteiger partial charge in [0.1, 0.15) is 5.75 Å². The Morgan fingerprint density at radius 1 is 1.15 bits per heavy atom. The Hall–Kier alpha value is -1.32. The lowest BCUT2D eigenvalue weighted by molar-refractivity contribution is 0.351. The summed E-state index contributed by atoms with van der Waals surface area (Å²) >= 11 is 3.72. The molecule has 1 heterocycles. The smallest absolute Gasteiger partial charge is 0.127 e. The van der Waals surface area contributed by atoms with Crippen LogP contribution in [0.5, 0.6) is 5.75 Å². The average Bonchev–Trinajstić information content (AvgIpc) is 2.93. The predicted octanol–water partition coefficient (Wildman–Crippen LogP) is 4.00.